The van der Waals surface area contributed by atoms with Gasteiger partial charge in [0.25, 0.3) is 0 Å². The van der Waals surface area contributed by atoms with Crippen molar-refractivity contribution in [3.05, 3.63) is 42.2 Å². The van der Waals surface area contributed by atoms with Gasteiger partial charge in [-0.3, -0.25) is 14.0 Å². The highest BCUT2D eigenvalue weighted by molar-refractivity contribution is 6.02. The number of Topliss-reactive ketones (excluding diaryl/α,β-unsaturated/α-hetero) is 1. The van der Waals surface area contributed by atoms with E-state index in [0.717, 1.165) is 25.8 Å². The van der Waals surface area contributed by atoms with Crippen molar-refractivity contribution >= 4 is 17.3 Å². The van der Waals surface area contributed by atoms with Gasteiger partial charge < -0.3 is 19.1 Å². The van der Waals surface area contributed by atoms with Crippen LogP contribution >= 0.6 is 0 Å². The molecule has 10 heteroatoms. The number of halogens is 2. The van der Waals surface area contributed by atoms with Crippen LogP contribution in [0.25, 0.3) is 16.9 Å². The summed E-state index contributed by atoms with van der Waals surface area (Å²) in [6, 6.07) is 6.59. The number of likely N-dealkylation sites (tertiary alicyclic amines) is 1. The van der Waals surface area contributed by atoms with Crippen molar-refractivity contribution in [2.24, 2.45) is 5.92 Å². The Balaban J connectivity index is 1.41. The Kier molecular flexibility index (Phi) is 6.75. The molecule has 1 aliphatic carbocycles. The first-order valence-corrected chi connectivity index (χ1v) is 12.0. The zero-order valence-electron chi connectivity index (χ0n) is 19.9. The summed E-state index contributed by atoms with van der Waals surface area (Å²) in [6.45, 7) is -1.42. The predicted octanol–water partition coefficient (Wildman–Crippen LogP) is 4.60. The van der Waals surface area contributed by atoms with Crippen molar-refractivity contribution in [2.75, 3.05) is 26.8 Å². The summed E-state index contributed by atoms with van der Waals surface area (Å²) in [5.74, 6) is 0.736. The van der Waals surface area contributed by atoms with Gasteiger partial charge in [-0.1, -0.05) is 0 Å². The SMILES string of the molecule is COc1cc(-c2cnc3cc(OCCN4CCCC4=O)ccn23)cc(OC(F)F)c1C(=O)CC1CC1. The fourth-order valence-electron chi connectivity index (χ4n) is 4.53. The monoisotopic (exact) mass is 499 g/mol. The average molecular weight is 500 g/mol. The van der Waals surface area contributed by atoms with E-state index >= 15 is 0 Å². The predicted molar refractivity (Wildman–Crippen MR) is 127 cm³/mol. The fourth-order valence-corrected chi connectivity index (χ4v) is 4.53. The van der Waals surface area contributed by atoms with Gasteiger partial charge in [0.15, 0.2) is 5.78 Å². The molecule has 8 nitrogen and oxygen atoms in total. The van der Waals surface area contributed by atoms with E-state index in [1.807, 2.05) is 0 Å². The number of rotatable bonds is 11. The van der Waals surface area contributed by atoms with Gasteiger partial charge in [0.05, 0.1) is 25.5 Å². The molecule has 0 N–H and O–H groups in total. The first-order valence-electron chi connectivity index (χ1n) is 12.0. The first-order chi connectivity index (χ1) is 17.4. The van der Waals surface area contributed by atoms with Crippen LogP contribution in [0.5, 0.6) is 17.2 Å². The quantitative estimate of drug-likeness (QED) is 0.359. The van der Waals surface area contributed by atoms with Crippen LogP contribution in [0, 0.1) is 5.92 Å². The highest BCUT2D eigenvalue weighted by Gasteiger charge is 2.30. The molecule has 1 aromatic carbocycles. The minimum Gasteiger partial charge on any atom is -0.496 e. The Morgan fingerprint density at radius 3 is 2.72 bits per heavy atom. The Hall–Kier alpha value is -3.69. The van der Waals surface area contributed by atoms with Gasteiger partial charge in [0, 0.05) is 37.2 Å². The Bertz CT molecular complexity index is 1290. The number of hydrogen-bond acceptors (Lipinski definition) is 6. The van der Waals surface area contributed by atoms with Gasteiger partial charge in [-0.2, -0.15) is 8.78 Å². The molecule has 3 heterocycles. The lowest BCUT2D eigenvalue weighted by Crippen LogP contribution is -2.29. The minimum atomic E-state index is -3.09. The maximum absolute atomic E-state index is 13.2. The maximum atomic E-state index is 13.2. The van der Waals surface area contributed by atoms with E-state index in [1.54, 1.807) is 39.9 Å². The summed E-state index contributed by atoms with van der Waals surface area (Å²) in [7, 11) is 1.40. The molecule has 190 valence electrons. The number of benzene rings is 1. The minimum absolute atomic E-state index is 0.0365. The van der Waals surface area contributed by atoms with Crippen molar-refractivity contribution in [1.29, 1.82) is 0 Å². The lowest BCUT2D eigenvalue weighted by atomic mass is 10.00. The molecule has 2 aromatic heterocycles. The number of pyridine rings is 1. The molecule has 2 aliphatic rings. The number of hydrogen-bond donors (Lipinski definition) is 0. The van der Waals surface area contributed by atoms with Crippen LogP contribution in [-0.4, -0.2) is 59.4 Å². The largest absolute Gasteiger partial charge is 0.496 e. The van der Waals surface area contributed by atoms with E-state index in [0.29, 0.717) is 42.2 Å². The van der Waals surface area contributed by atoms with Crippen LogP contribution in [0.3, 0.4) is 0 Å². The van der Waals surface area contributed by atoms with Crippen molar-refractivity contribution in [3.8, 4) is 28.5 Å². The molecule has 2 fully saturated rings. The van der Waals surface area contributed by atoms with Gasteiger partial charge >= 0.3 is 6.61 Å². The summed E-state index contributed by atoms with van der Waals surface area (Å²) in [4.78, 5) is 30.8. The molecular weight excluding hydrogens is 472 g/mol. The number of ether oxygens (including phenoxy) is 3. The molecule has 0 radical (unpaired) electrons. The number of ketones is 1. The molecule has 3 aromatic rings. The number of imidazole rings is 1. The number of amides is 1. The Morgan fingerprint density at radius 2 is 2.03 bits per heavy atom. The van der Waals surface area contributed by atoms with Crippen LogP contribution in [0.15, 0.2) is 36.7 Å². The third-order valence-electron chi connectivity index (χ3n) is 6.53. The van der Waals surface area contributed by atoms with Crippen molar-refractivity contribution in [3.63, 3.8) is 0 Å². The zero-order chi connectivity index (χ0) is 25.2. The fraction of sp³-hybridized carbons (Fsp3) is 0.423. The maximum Gasteiger partial charge on any atom is 0.387 e. The lowest BCUT2D eigenvalue weighted by Gasteiger charge is -2.16. The van der Waals surface area contributed by atoms with E-state index in [-0.39, 0.29) is 41.1 Å². The number of alkyl halides is 2. The third-order valence-corrected chi connectivity index (χ3v) is 6.53. The third kappa shape index (κ3) is 5.12. The van der Waals surface area contributed by atoms with Crippen molar-refractivity contribution < 1.29 is 32.6 Å². The lowest BCUT2D eigenvalue weighted by molar-refractivity contribution is -0.128. The summed E-state index contributed by atoms with van der Waals surface area (Å²) < 4.78 is 44.3. The molecule has 1 aliphatic heterocycles. The second-order valence-electron chi connectivity index (χ2n) is 9.07. The molecule has 5 rings (SSSR count). The van der Waals surface area contributed by atoms with Gasteiger partial charge in [0.1, 0.15) is 35.1 Å². The number of carbonyl (C=O) groups excluding carboxylic acids is 2. The highest BCUT2D eigenvalue weighted by atomic mass is 19.3. The van der Waals surface area contributed by atoms with Gasteiger partial charge in [-0.05, 0) is 43.4 Å². The van der Waals surface area contributed by atoms with Crippen LogP contribution < -0.4 is 14.2 Å². The first kappa shape index (κ1) is 24.0. The molecule has 0 atom stereocenters. The van der Waals surface area contributed by atoms with E-state index < -0.39 is 6.61 Å². The molecule has 36 heavy (non-hydrogen) atoms. The molecule has 0 spiro atoms. The summed E-state index contributed by atoms with van der Waals surface area (Å²) >= 11 is 0. The van der Waals surface area contributed by atoms with E-state index in [1.165, 1.54) is 13.2 Å². The van der Waals surface area contributed by atoms with Crippen LogP contribution in [0.2, 0.25) is 0 Å². The number of methoxy groups -OCH3 is 1. The van der Waals surface area contributed by atoms with Crippen LogP contribution in [0.4, 0.5) is 8.78 Å². The smallest absolute Gasteiger partial charge is 0.387 e. The molecule has 1 saturated carbocycles. The van der Waals surface area contributed by atoms with Crippen molar-refractivity contribution in [1.82, 2.24) is 14.3 Å². The summed E-state index contributed by atoms with van der Waals surface area (Å²) in [5, 5.41) is 0. The Labute approximate surface area is 206 Å². The zero-order valence-corrected chi connectivity index (χ0v) is 19.9. The molecule has 0 unspecified atom stereocenters. The second-order valence-corrected chi connectivity index (χ2v) is 9.07. The molecule has 1 amide bonds. The van der Waals surface area contributed by atoms with E-state index in [2.05, 4.69) is 4.98 Å². The van der Waals surface area contributed by atoms with Gasteiger partial charge in [-0.25, -0.2) is 4.98 Å². The standard InChI is InChI=1S/C26H27F2N3O5/c1-34-21-12-17(13-22(36-26(27)28)25(21)20(32)11-16-4-5-16)19-15-29-23-14-18(6-8-31(19)23)35-10-9-30-7-2-3-24(30)33/h6,8,12-16,26H,2-5,7,9-11H2,1H3. The second kappa shape index (κ2) is 10.1. The molecule has 1 saturated heterocycles. The average Bonchev–Trinajstić information content (AvgIpc) is 3.41. The van der Waals surface area contributed by atoms with E-state index in [4.69, 9.17) is 14.2 Å². The Morgan fingerprint density at radius 1 is 1.22 bits per heavy atom. The molecule has 0 bridgehead atoms. The summed E-state index contributed by atoms with van der Waals surface area (Å²) in [5.41, 5.74) is 1.75. The summed E-state index contributed by atoms with van der Waals surface area (Å²) in [6.07, 6.45) is 7.04. The topological polar surface area (TPSA) is 82.4 Å². The van der Waals surface area contributed by atoms with Crippen LogP contribution in [0.1, 0.15) is 42.5 Å². The number of nitrogens with zero attached hydrogens (tertiary/aromatic N) is 3. The molecular formula is C26H27F2N3O5. The van der Waals surface area contributed by atoms with Gasteiger partial charge in [-0.15, -0.1) is 0 Å². The van der Waals surface area contributed by atoms with Crippen LogP contribution in [-0.2, 0) is 4.79 Å². The van der Waals surface area contributed by atoms with Gasteiger partial charge in [0.2, 0.25) is 5.91 Å². The van der Waals surface area contributed by atoms with E-state index in [9.17, 15) is 18.4 Å². The number of aromatic nitrogens is 2. The number of carbonyl (C=O) groups is 2. The van der Waals surface area contributed by atoms with Crippen molar-refractivity contribution in [2.45, 2.75) is 38.7 Å². The highest BCUT2D eigenvalue weighted by Crippen LogP contribution is 2.40. The number of fused-ring (bicyclic) bond motifs is 1. The normalized spacial score (nSPS) is 15.7.